The van der Waals surface area contributed by atoms with Crippen LogP contribution in [0.2, 0.25) is 0 Å². The number of amides is 2. The highest BCUT2D eigenvalue weighted by Crippen LogP contribution is 2.30. The zero-order chi connectivity index (χ0) is 20.1. The summed E-state index contributed by atoms with van der Waals surface area (Å²) < 4.78 is 48.6. The molecule has 1 N–H and O–H groups in total. The maximum absolute atomic E-state index is 12.6. The van der Waals surface area contributed by atoms with Crippen LogP contribution in [0.3, 0.4) is 0 Å². The van der Waals surface area contributed by atoms with Gasteiger partial charge in [0, 0.05) is 24.5 Å². The number of carbonyl (C=O) groups is 1. The summed E-state index contributed by atoms with van der Waals surface area (Å²) in [5.74, 6) is 0.349. The summed E-state index contributed by atoms with van der Waals surface area (Å²) in [5.41, 5.74) is -0.473. The first-order chi connectivity index (χ1) is 13.3. The van der Waals surface area contributed by atoms with Crippen molar-refractivity contribution < 1.29 is 27.4 Å². The van der Waals surface area contributed by atoms with Gasteiger partial charge in [-0.25, -0.2) is 9.78 Å². The fraction of sp³-hybridized carbons (Fsp3) is 0.389. The van der Waals surface area contributed by atoms with Crippen LogP contribution in [0, 0.1) is 0 Å². The molecular weight excluding hydrogens is 377 g/mol. The Labute approximate surface area is 159 Å². The van der Waals surface area contributed by atoms with E-state index in [1.165, 1.54) is 25.4 Å². The number of carbonyl (C=O) groups excluding carboxylic acids is 1. The topological polar surface area (TPSA) is 76.6 Å². The molecule has 1 fully saturated rings. The third kappa shape index (κ3) is 5.02. The summed E-state index contributed by atoms with van der Waals surface area (Å²) in [4.78, 5) is 22.0. The van der Waals surface area contributed by atoms with E-state index in [1.54, 1.807) is 11.0 Å². The van der Waals surface area contributed by atoms with E-state index in [0.29, 0.717) is 24.7 Å². The smallest absolute Gasteiger partial charge is 0.416 e. The molecule has 3 rings (SSSR count). The fourth-order valence-corrected chi connectivity index (χ4v) is 2.82. The number of nitrogens with one attached hydrogen (secondary N) is 1. The van der Waals surface area contributed by atoms with Crippen molar-refractivity contribution in [1.82, 2.24) is 14.9 Å². The summed E-state index contributed by atoms with van der Waals surface area (Å²) >= 11 is 0. The second kappa shape index (κ2) is 8.32. The van der Waals surface area contributed by atoms with E-state index in [-0.39, 0.29) is 12.1 Å². The van der Waals surface area contributed by atoms with Crippen molar-refractivity contribution in [3.05, 3.63) is 42.1 Å². The Kier molecular flexibility index (Phi) is 5.86. The van der Waals surface area contributed by atoms with Gasteiger partial charge in [0.05, 0.1) is 19.2 Å². The van der Waals surface area contributed by atoms with Crippen molar-refractivity contribution in [2.45, 2.75) is 25.1 Å². The molecule has 1 saturated heterocycles. The van der Waals surface area contributed by atoms with E-state index in [1.807, 2.05) is 0 Å². The quantitative estimate of drug-likeness (QED) is 0.855. The van der Waals surface area contributed by atoms with Gasteiger partial charge >= 0.3 is 18.2 Å². The lowest BCUT2D eigenvalue weighted by Crippen LogP contribution is -2.46. The minimum Gasteiger partial charge on any atom is -0.472 e. The van der Waals surface area contributed by atoms with Crippen molar-refractivity contribution in [1.29, 1.82) is 0 Å². The van der Waals surface area contributed by atoms with Gasteiger partial charge < -0.3 is 19.7 Å². The van der Waals surface area contributed by atoms with Crippen LogP contribution < -0.4 is 14.8 Å². The molecule has 0 radical (unpaired) electrons. The number of hydrogen-bond donors (Lipinski definition) is 1. The van der Waals surface area contributed by atoms with Crippen LogP contribution in [0.5, 0.6) is 11.9 Å². The lowest BCUT2D eigenvalue weighted by molar-refractivity contribution is -0.137. The lowest BCUT2D eigenvalue weighted by Gasteiger charge is -2.32. The SMILES string of the molecule is COc1nccc(OC2CCCN(C(=O)Nc3ccc(C(F)(F)F)cc3)C2)n1. The average Bonchev–Trinajstić information content (AvgIpc) is 2.68. The molecule has 1 atom stereocenters. The molecule has 0 spiro atoms. The monoisotopic (exact) mass is 396 g/mol. The fourth-order valence-electron chi connectivity index (χ4n) is 2.82. The van der Waals surface area contributed by atoms with Crippen LogP contribution in [0.4, 0.5) is 23.7 Å². The van der Waals surface area contributed by atoms with Gasteiger partial charge in [-0.2, -0.15) is 18.2 Å². The first kappa shape index (κ1) is 19.7. The lowest BCUT2D eigenvalue weighted by atomic mass is 10.1. The van der Waals surface area contributed by atoms with Crippen molar-refractivity contribution in [3.8, 4) is 11.9 Å². The van der Waals surface area contributed by atoms with Crippen LogP contribution in [0.25, 0.3) is 0 Å². The predicted molar refractivity (Wildman–Crippen MR) is 94.3 cm³/mol. The molecule has 2 heterocycles. The molecule has 1 unspecified atom stereocenters. The first-order valence-corrected chi connectivity index (χ1v) is 8.62. The molecule has 2 aromatic rings. The molecule has 28 heavy (non-hydrogen) atoms. The number of methoxy groups -OCH3 is 1. The maximum Gasteiger partial charge on any atom is 0.416 e. The predicted octanol–water partition coefficient (Wildman–Crippen LogP) is 3.58. The molecule has 0 aliphatic carbocycles. The van der Waals surface area contributed by atoms with E-state index in [0.717, 1.165) is 25.0 Å². The highest BCUT2D eigenvalue weighted by atomic mass is 19.4. The van der Waals surface area contributed by atoms with Crippen LogP contribution in [0.1, 0.15) is 18.4 Å². The van der Waals surface area contributed by atoms with Gasteiger partial charge in [-0.15, -0.1) is 0 Å². The van der Waals surface area contributed by atoms with Gasteiger partial charge in [-0.1, -0.05) is 0 Å². The van der Waals surface area contributed by atoms with E-state index in [4.69, 9.17) is 9.47 Å². The Morgan fingerprint density at radius 1 is 1.25 bits per heavy atom. The molecule has 1 aromatic heterocycles. The van der Waals surface area contributed by atoms with Gasteiger partial charge in [-0.05, 0) is 37.1 Å². The van der Waals surface area contributed by atoms with Crippen LogP contribution in [-0.2, 0) is 6.18 Å². The zero-order valence-corrected chi connectivity index (χ0v) is 15.1. The number of piperidine rings is 1. The Balaban J connectivity index is 1.58. The Morgan fingerprint density at radius 3 is 2.68 bits per heavy atom. The van der Waals surface area contributed by atoms with E-state index in [9.17, 15) is 18.0 Å². The van der Waals surface area contributed by atoms with Gasteiger partial charge in [0.15, 0.2) is 0 Å². The van der Waals surface area contributed by atoms with Gasteiger partial charge in [0.25, 0.3) is 0 Å². The molecule has 0 saturated carbocycles. The van der Waals surface area contributed by atoms with Crippen molar-refractivity contribution in [3.63, 3.8) is 0 Å². The number of rotatable bonds is 4. The number of anilines is 1. The number of aromatic nitrogens is 2. The largest absolute Gasteiger partial charge is 0.472 e. The van der Waals surface area contributed by atoms with Crippen molar-refractivity contribution in [2.24, 2.45) is 0 Å². The molecule has 0 bridgehead atoms. The van der Waals surface area contributed by atoms with Gasteiger partial charge in [0.1, 0.15) is 6.10 Å². The molecule has 150 valence electrons. The van der Waals surface area contributed by atoms with E-state index in [2.05, 4.69) is 15.3 Å². The van der Waals surface area contributed by atoms with Crippen LogP contribution >= 0.6 is 0 Å². The number of ether oxygens (including phenoxy) is 2. The van der Waals surface area contributed by atoms with Gasteiger partial charge in [-0.3, -0.25) is 0 Å². The standard InChI is InChI=1S/C18H19F3N4O3/c1-27-16-22-9-8-15(24-16)28-14-3-2-10-25(11-14)17(26)23-13-6-4-12(5-7-13)18(19,20)21/h4-9,14H,2-3,10-11H2,1H3,(H,23,26). The van der Waals surface area contributed by atoms with Gasteiger partial charge in [0.2, 0.25) is 5.88 Å². The first-order valence-electron chi connectivity index (χ1n) is 8.62. The summed E-state index contributed by atoms with van der Waals surface area (Å²) in [6, 6.07) is 5.71. The average molecular weight is 396 g/mol. The molecule has 1 aliphatic rings. The third-order valence-electron chi connectivity index (χ3n) is 4.21. The molecule has 10 heteroatoms. The summed E-state index contributed by atoms with van der Waals surface area (Å²) in [6.45, 7) is 0.859. The van der Waals surface area contributed by atoms with Crippen LogP contribution in [-0.4, -0.2) is 47.2 Å². The summed E-state index contributed by atoms with van der Waals surface area (Å²) in [5, 5.41) is 2.61. The zero-order valence-electron chi connectivity index (χ0n) is 15.1. The maximum atomic E-state index is 12.6. The second-order valence-electron chi connectivity index (χ2n) is 6.21. The van der Waals surface area contributed by atoms with E-state index >= 15 is 0 Å². The second-order valence-corrected chi connectivity index (χ2v) is 6.21. The van der Waals surface area contributed by atoms with E-state index < -0.39 is 17.8 Å². The third-order valence-corrected chi connectivity index (χ3v) is 4.21. The number of likely N-dealkylation sites (tertiary alicyclic amines) is 1. The molecule has 2 amide bonds. The Bertz CT molecular complexity index is 814. The minimum absolute atomic E-state index is 0.185. The number of hydrogen-bond acceptors (Lipinski definition) is 5. The highest BCUT2D eigenvalue weighted by molar-refractivity contribution is 5.89. The Morgan fingerprint density at radius 2 is 2.00 bits per heavy atom. The molecule has 1 aliphatic heterocycles. The number of nitrogens with zero attached hydrogens (tertiary/aromatic N) is 3. The number of benzene rings is 1. The number of alkyl halides is 3. The number of urea groups is 1. The number of halogens is 3. The minimum atomic E-state index is -4.41. The van der Waals surface area contributed by atoms with Crippen LogP contribution in [0.15, 0.2) is 36.5 Å². The highest BCUT2D eigenvalue weighted by Gasteiger charge is 2.30. The summed E-state index contributed by atoms with van der Waals surface area (Å²) in [7, 11) is 1.45. The molecule has 1 aromatic carbocycles. The normalized spacial score (nSPS) is 17.1. The Hall–Kier alpha value is -3.04. The summed E-state index contributed by atoms with van der Waals surface area (Å²) in [6.07, 6.45) is -1.68. The molecular formula is C18H19F3N4O3. The molecule has 7 nitrogen and oxygen atoms in total. The van der Waals surface area contributed by atoms with Crippen molar-refractivity contribution >= 4 is 11.7 Å². The van der Waals surface area contributed by atoms with Crippen molar-refractivity contribution in [2.75, 3.05) is 25.5 Å².